The molecule has 0 aromatic rings. The van der Waals surface area contributed by atoms with Crippen molar-refractivity contribution in [3.8, 4) is 0 Å². The van der Waals surface area contributed by atoms with Crippen molar-refractivity contribution in [2.24, 2.45) is 0 Å². The number of nitrogens with one attached hydrogen (secondary N) is 1. The van der Waals surface area contributed by atoms with E-state index < -0.39 is 0 Å². The Balaban J connectivity index is 2.30. The lowest BCUT2D eigenvalue weighted by Gasteiger charge is -2.30. The molecule has 102 valence electrons. The predicted molar refractivity (Wildman–Crippen MR) is 75.5 cm³/mol. The minimum absolute atomic E-state index is 0.284. The molecule has 0 aromatic heterocycles. The lowest BCUT2D eigenvalue weighted by molar-refractivity contribution is 0.195. The summed E-state index contributed by atoms with van der Waals surface area (Å²) in [5.41, 5.74) is 0.284. The van der Waals surface area contributed by atoms with Gasteiger partial charge in [-0.1, -0.05) is 6.92 Å². The molecule has 1 saturated heterocycles. The van der Waals surface area contributed by atoms with Gasteiger partial charge in [0.15, 0.2) is 0 Å². The van der Waals surface area contributed by atoms with E-state index in [2.05, 4.69) is 49.9 Å². The van der Waals surface area contributed by atoms with Gasteiger partial charge in [0.2, 0.25) is 0 Å². The summed E-state index contributed by atoms with van der Waals surface area (Å²) in [7, 11) is 2.23. The first-order valence-electron chi connectivity index (χ1n) is 7.12. The monoisotopic (exact) mass is 241 g/mol. The van der Waals surface area contributed by atoms with Crippen LogP contribution in [0.5, 0.6) is 0 Å². The van der Waals surface area contributed by atoms with Crippen LogP contribution in [0.15, 0.2) is 0 Å². The van der Waals surface area contributed by atoms with Crippen LogP contribution in [-0.2, 0) is 0 Å². The van der Waals surface area contributed by atoms with Crippen LogP contribution in [0, 0.1) is 0 Å². The second-order valence-corrected chi connectivity index (χ2v) is 6.17. The van der Waals surface area contributed by atoms with Gasteiger partial charge < -0.3 is 10.2 Å². The number of nitrogens with zero attached hydrogens (tertiary/aromatic N) is 2. The van der Waals surface area contributed by atoms with Crippen LogP contribution >= 0.6 is 0 Å². The zero-order valence-corrected chi connectivity index (χ0v) is 12.4. The summed E-state index contributed by atoms with van der Waals surface area (Å²) in [6.07, 6.45) is 2.49. The molecule has 1 aliphatic rings. The van der Waals surface area contributed by atoms with E-state index in [1.165, 1.54) is 39.0 Å². The largest absolute Gasteiger partial charge is 0.311 e. The molecule has 1 N–H and O–H groups in total. The highest BCUT2D eigenvalue weighted by atomic mass is 15.2. The van der Waals surface area contributed by atoms with Crippen LogP contribution in [0.4, 0.5) is 0 Å². The topological polar surface area (TPSA) is 18.5 Å². The van der Waals surface area contributed by atoms with Crippen molar-refractivity contribution in [3.63, 3.8) is 0 Å². The van der Waals surface area contributed by atoms with Crippen LogP contribution in [0.1, 0.15) is 40.5 Å². The van der Waals surface area contributed by atoms with E-state index >= 15 is 0 Å². The van der Waals surface area contributed by atoms with E-state index in [0.717, 1.165) is 6.54 Å². The molecule has 1 heterocycles. The van der Waals surface area contributed by atoms with Gasteiger partial charge in [0.1, 0.15) is 0 Å². The standard InChI is InChI=1S/C14H31N3/c1-6-14(3,4)15-8-11-17-10-7-9-16(5)12-13(17)2/h13,15H,6-12H2,1-5H3. The lowest BCUT2D eigenvalue weighted by atomic mass is 10.0. The first kappa shape index (κ1) is 14.9. The van der Waals surface area contributed by atoms with Crippen LogP contribution in [0.3, 0.4) is 0 Å². The fraction of sp³-hybridized carbons (Fsp3) is 1.00. The van der Waals surface area contributed by atoms with Crippen molar-refractivity contribution in [3.05, 3.63) is 0 Å². The average molecular weight is 241 g/mol. The van der Waals surface area contributed by atoms with E-state index in [0.29, 0.717) is 6.04 Å². The minimum atomic E-state index is 0.284. The van der Waals surface area contributed by atoms with Gasteiger partial charge in [-0.05, 0) is 53.8 Å². The van der Waals surface area contributed by atoms with Crippen LogP contribution in [-0.4, -0.2) is 61.2 Å². The van der Waals surface area contributed by atoms with E-state index in [1.54, 1.807) is 0 Å². The van der Waals surface area contributed by atoms with Crippen LogP contribution < -0.4 is 5.32 Å². The molecule has 0 bridgehead atoms. The summed E-state index contributed by atoms with van der Waals surface area (Å²) in [6.45, 7) is 15.2. The van der Waals surface area contributed by atoms with Crippen molar-refractivity contribution in [2.75, 3.05) is 39.8 Å². The second-order valence-electron chi connectivity index (χ2n) is 6.17. The minimum Gasteiger partial charge on any atom is -0.311 e. The Hall–Kier alpha value is -0.120. The van der Waals surface area contributed by atoms with Crippen LogP contribution in [0.2, 0.25) is 0 Å². The first-order chi connectivity index (χ1) is 7.94. The summed E-state index contributed by atoms with van der Waals surface area (Å²) in [5, 5.41) is 3.65. The third-order valence-electron chi connectivity index (χ3n) is 4.07. The van der Waals surface area contributed by atoms with Gasteiger partial charge in [0, 0.05) is 31.2 Å². The number of rotatable bonds is 5. The molecule has 0 saturated carbocycles. The lowest BCUT2D eigenvalue weighted by Crippen LogP contribution is -2.46. The third kappa shape index (κ3) is 5.36. The quantitative estimate of drug-likeness (QED) is 0.792. The second kappa shape index (κ2) is 6.72. The van der Waals surface area contributed by atoms with E-state index in [9.17, 15) is 0 Å². The molecule has 3 nitrogen and oxygen atoms in total. The summed E-state index contributed by atoms with van der Waals surface area (Å²) in [6, 6.07) is 0.689. The molecular weight excluding hydrogens is 210 g/mol. The van der Waals surface area contributed by atoms with Gasteiger partial charge in [0.25, 0.3) is 0 Å². The maximum Gasteiger partial charge on any atom is 0.0195 e. The van der Waals surface area contributed by atoms with Gasteiger partial charge in [0.05, 0.1) is 0 Å². The molecule has 3 heteroatoms. The summed E-state index contributed by atoms with van der Waals surface area (Å²) in [4.78, 5) is 5.08. The molecule has 1 atom stereocenters. The number of hydrogen-bond donors (Lipinski definition) is 1. The molecule has 0 aliphatic carbocycles. The van der Waals surface area contributed by atoms with E-state index in [1.807, 2.05) is 0 Å². The highest BCUT2D eigenvalue weighted by Gasteiger charge is 2.20. The summed E-state index contributed by atoms with van der Waals surface area (Å²) in [5.74, 6) is 0. The molecule has 1 fully saturated rings. The van der Waals surface area contributed by atoms with Crippen molar-refractivity contribution in [1.82, 2.24) is 15.1 Å². The fourth-order valence-electron chi connectivity index (χ4n) is 2.42. The zero-order chi connectivity index (χ0) is 12.9. The molecule has 17 heavy (non-hydrogen) atoms. The Morgan fingerprint density at radius 3 is 2.65 bits per heavy atom. The highest BCUT2D eigenvalue weighted by Crippen LogP contribution is 2.09. The Morgan fingerprint density at radius 1 is 1.29 bits per heavy atom. The predicted octanol–water partition coefficient (Wildman–Crippen LogP) is 1.79. The molecule has 1 aliphatic heterocycles. The van der Waals surface area contributed by atoms with Gasteiger partial charge in [-0.25, -0.2) is 0 Å². The smallest absolute Gasteiger partial charge is 0.0195 e. The SMILES string of the molecule is CCC(C)(C)NCCN1CCCN(C)CC1C. The van der Waals surface area contributed by atoms with E-state index in [-0.39, 0.29) is 5.54 Å². The van der Waals surface area contributed by atoms with Gasteiger partial charge in [-0.15, -0.1) is 0 Å². The molecular formula is C14H31N3. The third-order valence-corrected chi connectivity index (χ3v) is 4.07. The van der Waals surface area contributed by atoms with Gasteiger partial charge in [-0.2, -0.15) is 0 Å². The maximum absolute atomic E-state index is 3.65. The molecule has 0 spiro atoms. The fourth-order valence-corrected chi connectivity index (χ4v) is 2.42. The zero-order valence-electron chi connectivity index (χ0n) is 12.4. The van der Waals surface area contributed by atoms with Gasteiger partial charge in [-0.3, -0.25) is 4.90 Å². The van der Waals surface area contributed by atoms with Crippen molar-refractivity contribution < 1.29 is 0 Å². The molecule has 1 unspecified atom stereocenters. The Kier molecular flexibility index (Phi) is 5.90. The first-order valence-corrected chi connectivity index (χ1v) is 7.12. The van der Waals surface area contributed by atoms with Gasteiger partial charge >= 0.3 is 0 Å². The normalized spacial score (nSPS) is 24.9. The molecule has 0 aromatic carbocycles. The maximum atomic E-state index is 3.65. The number of hydrogen-bond acceptors (Lipinski definition) is 3. The highest BCUT2D eigenvalue weighted by molar-refractivity contribution is 4.79. The summed E-state index contributed by atoms with van der Waals surface area (Å²) >= 11 is 0. The molecule has 0 amide bonds. The average Bonchev–Trinajstić information content (AvgIpc) is 2.41. The van der Waals surface area contributed by atoms with Crippen molar-refractivity contribution >= 4 is 0 Å². The van der Waals surface area contributed by atoms with E-state index in [4.69, 9.17) is 0 Å². The number of likely N-dealkylation sites (N-methyl/N-ethyl adjacent to an activating group) is 1. The van der Waals surface area contributed by atoms with Crippen LogP contribution in [0.25, 0.3) is 0 Å². The van der Waals surface area contributed by atoms with Crippen molar-refractivity contribution in [1.29, 1.82) is 0 Å². The summed E-state index contributed by atoms with van der Waals surface area (Å²) < 4.78 is 0. The Labute approximate surface area is 108 Å². The molecule has 0 radical (unpaired) electrons. The molecule has 1 rings (SSSR count). The Morgan fingerprint density at radius 2 is 2.00 bits per heavy atom. The Bertz CT molecular complexity index is 216. The van der Waals surface area contributed by atoms with Crippen molar-refractivity contribution in [2.45, 2.75) is 52.1 Å².